The quantitative estimate of drug-likeness (QED) is 0.783. The van der Waals surface area contributed by atoms with E-state index in [0.29, 0.717) is 19.6 Å². The lowest BCUT2D eigenvalue weighted by molar-refractivity contribution is -0.135. The highest BCUT2D eigenvalue weighted by molar-refractivity contribution is 5.81. The lowest BCUT2D eigenvalue weighted by Crippen LogP contribution is -2.38. The third-order valence-electron chi connectivity index (χ3n) is 6.53. The van der Waals surface area contributed by atoms with Crippen LogP contribution in [0, 0.1) is 11.8 Å². The van der Waals surface area contributed by atoms with E-state index >= 15 is 0 Å². The summed E-state index contributed by atoms with van der Waals surface area (Å²) in [6.07, 6.45) is 9.27. The van der Waals surface area contributed by atoms with Crippen molar-refractivity contribution in [2.75, 3.05) is 19.6 Å². The van der Waals surface area contributed by atoms with E-state index in [2.05, 4.69) is 10.3 Å². The van der Waals surface area contributed by atoms with E-state index in [9.17, 15) is 14.7 Å². The molecule has 4 rings (SSSR count). The Bertz CT molecular complexity index is 706. The lowest BCUT2D eigenvalue weighted by Gasteiger charge is -2.25. The molecule has 0 unspecified atom stereocenters. The number of aromatic nitrogens is 2. The van der Waals surface area contributed by atoms with Gasteiger partial charge in [0.2, 0.25) is 11.8 Å². The number of carbonyl (C=O) groups is 2. The molecule has 2 atom stereocenters. The van der Waals surface area contributed by atoms with Crippen LogP contribution < -0.4 is 5.32 Å². The molecule has 3 fully saturated rings. The van der Waals surface area contributed by atoms with Crippen molar-refractivity contribution in [1.82, 2.24) is 19.8 Å². The van der Waals surface area contributed by atoms with Gasteiger partial charge in [0.15, 0.2) is 0 Å². The lowest BCUT2D eigenvalue weighted by atomic mass is 9.93. The molecule has 27 heavy (non-hydrogen) atoms. The van der Waals surface area contributed by atoms with E-state index in [1.165, 1.54) is 0 Å². The zero-order valence-electron chi connectivity index (χ0n) is 16.1. The number of imidazole rings is 1. The van der Waals surface area contributed by atoms with Gasteiger partial charge in [-0.3, -0.25) is 9.59 Å². The van der Waals surface area contributed by atoms with Crippen LogP contribution in [0.3, 0.4) is 0 Å². The number of amides is 2. The first-order valence-corrected chi connectivity index (χ1v) is 10.2. The van der Waals surface area contributed by atoms with Crippen LogP contribution in [0.25, 0.3) is 0 Å². The molecule has 0 aromatic carbocycles. The first-order valence-electron chi connectivity index (χ1n) is 10.2. The highest BCUT2D eigenvalue weighted by atomic mass is 16.3. The van der Waals surface area contributed by atoms with Crippen molar-refractivity contribution in [1.29, 1.82) is 0 Å². The monoisotopic (exact) mass is 374 g/mol. The highest BCUT2D eigenvalue weighted by Crippen LogP contribution is 2.36. The minimum atomic E-state index is -0.822. The molecular weight excluding hydrogens is 344 g/mol. The maximum Gasteiger partial charge on any atom is 0.225 e. The average molecular weight is 374 g/mol. The van der Waals surface area contributed by atoms with Crippen LogP contribution in [0.15, 0.2) is 12.5 Å². The zero-order valence-corrected chi connectivity index (χ0v) is 16.1. The van der Waals surface area contributed by atoms with Crippen LogP contribution in [-0.2, 0) is 16.6 Å². The smallest absolute Gasteiger partial charge is 0.225 e. The van der Waals surface area contributed by atoms with E-state index < -0.39 is 5.60 Å². The summed E-state index contributed by atoms with van der Waals surface area (Å²) in [7, 11) is 1.97. The number of aliphatic hydroxyl groups is 1. The van der Waals surface area contributed by atoms with Crippen LogP contribution in [-0.4, -0.2) is 56.6 Å². The molecule has 0 bridgehead atoms. The molecule has 2 heterocycles. The van der Waals surface area contributed by atoms with Crippen molar-refractivity contribution in [3.63, 3.8) is 0 Å². The Morgan fingerprint density at radius 2 is 2.04 bits per heavy atom. The van der Waals surface area contributed by atoms with E-state index in [-0.39, 0.29) is 36.0 Å². The van der Waals surface area contributed by atoms with E-state index in [1.807, 2.05) is 22.7 Å². The second-order valence-corrected chi connectivity index (χ2v) is 8.72. The molecule has 2 N–H and O–H groups in total. The average Bonchev–Trinajstić information content (AvgIpc) is 3.04. The van der Waals surface area contributed by atoms with Gasteiger partial charge >= 0.3 is 0 Å². The molecule has 2 amide bonds. The molecule has 148 valence electrons. The predicted octanol–water partition coefficient (Wildman–Crippen LogP) is 1.18. The van der Waals surface area contributed by atoms with E-state index in [0.717, 1.165) is 44.2 Å². The normalized spacial score (nSPS) is 27.1. The van der Waals surface area contributed by atoms with Crippen LogP contribution in [0.5, 0.6) is 0 Å². The minimum absolute atomic E-state index is 0.0302. The van der Waals surface area contributed by atoms with Gasteiger partial charge in [-0.15, -0.1) is 0 Å². The molecule has 3 aliphatic rings. The Balaban J connectivity index is 1.43. The number of hydrogen-bond acceptors (Lipinski definition) is 4. The second-order valence-electron chi connectivity index (χ2n) is 8.72. The molecular formula is C20H30N4O3. The molecule has 1 aliphatic heterocycles. The van der Waals surface area contributed by atoms with E-state index in [4.69, 9.17) is 0 Å². The Kier molecular flexibility index (Phi) is 4.97. The van der Waals surface area contributed by atoms with Crippen LogP contribution in [0.1, 0.15) is 56.6 Å². The summed E-state index contributed by atoms with van der Waals surface area (Å²) >= 11 is 0. The fraction of sp³-hybridized carbons (Fsp3) is 0.750. The number of nitrogens with one attached hydrogen (secondary N) is 1. The van der Waals surface area contributed by atoms with Crippen LogP contribution >= 0.6 is 0 Å². The molecule has 1 aromatic rings. The summed E-state index contributed by atoms with van der Waals surface area (Å²) in [4.78, 5) is 31.0. The van der Waals surface area contributed by atoms with Gasteiger partial charge in [-0.25, -0.2) is 4.98 Å². The molecule has 0 spiro atoms. The van der Waals surface area contributed by atoms with Crippen molar-refractivity contribution < 1.29 is 14.7 Å². The van der Waals surface area contributed by atoms with Crippen molar-refractivity contribution in [3.8, 4) is 0 Å². The molecule has 7 nitrogen and oxygen atoms in total. The van der Waals surface area contributed by atoms with E-state index in [1.54, 1.807) is 6.33 Å². The van der Waals surface area contributed by atoms with Crippen molar-refractivity contribution >= 4 is 11.8 Å². The topological polar surface area (TPSA) is 87.5 Å². The molecule has 7 heteroatoms. The number of rotatable bonds is 6. The largest absolute Gasteiger partial charge is 0.389 e. The minimum Gasteiger partial charge on any atom is -0.389 e. The van der Waals surface area contributed by atoms with Gasteiger partial charge in [-0.05, 0) is 25.7 Å². The van der Waals surface area contributed by atoms with Gasteiger partial charge in [0.1, 0.15) is 0 Å². The fourth-order valence-corrected chi connectivity index (χ4v) is 4.67. The highest BCUT2D eigenvalue weighted by Gasteiger charge is 2.41. The number of likely N-dealkylation sites (tertiary alicyclic amines) is 1. The third-order valence-corrected chi connectivity index (χ3v) is 6.53. The standard InChI is InChI=1S/C20H30N4O3/c1-23-13-21-10-17(23)16-12-24(18(25)8-20(27)6-2-3-7-20)11-15(16)9-22-19(26)14-4-5-14/h10,13-16,27H,2-9,11-12H2,1H3,(H,22,26)/t15-,16-/m1/s1. The second kappa shape index (κ2) is 7.26. The Hall–Kier alpha value is -1.89. The SMILES string of the molecule is Cn1cncc1[C@@H]1CN(C(=O)CC2(O)CCCC2)C[C@H]1CNC(=O)C1CC1. The van der Waals surface area contributed by atoms with Crippen molar-refractivity contribution in [2.24, 2.45) is 18.9 Å². The van der Waals surface area contributed by atoms with Gasteiger partial charge < -0.3 is 19.9 Å². The van der Waals surface area contributed by atoms with Gasteiger partial charge in [-0.1, -0.05) is 12.8 Å². The van der Waals surface area contributed by atoms with Crippen molar-refractivity contribution in [2.45, 2.75) is 56.5 Å². The molecule has 0 radical (unpaired) electrons. The van der Waals surface area contributed by atoms with Crippen LogP contribution in [0.2, 0.25) is 0 Å². The number of carbonyl (C=O) groups excluding carboxylic acids is 2. The Morgan fingerprint density at radius 1 is 1.30 bits per heavy atom. The summed E-state index contributed by atoms with van der Waals surface area (Å²) in [6.45, 7) is 1.83. The van der Waals surface area contributed by atoms with Gasteiger partial charge in [0, 0.05) is 56.3 Å². The number of aryl methyl sites for hydroxylation is 1. The summed E-state index contributed by atoms with van der Waals surface area (Å²) < 4.78 is 2.00. The maximum absolute atomic E-state index is 12.9. The summed E-state index contributed by atoms with van der Waals surface area (Å²) in [6, 6.07) is 0. The fourth-order valence-electron chi connectivity index (χ4n) is 4.67. The van der Waals surface area contributed by atoms with Crippen molar-refractivity contribution in [3.05, 3.63) is 18.2 Å². The third kappa shape index (κ3) is 4.03. The zero-order chi connectivity index (χ0) is 19.0. The van der Waals surface area contributed by atoms with Gasteiger partial charge in [-0.2, -0.15) is 0 Å². The maximum atomic E-state index is 12.9. The number of hydrogen-bond donors (Lipinski definition) is 2. The molecule has 2 aliphatic carbocycles. The summed E-state index contributed by atoms with van der Waals surface area (Å²) in [5.74, 6) is 0.687. The number of nitrogens with zero attached hydrogens (tertiary/aromatic N) is 3. The summed E-state index contributed by atoms with van der Waals surface area (Å²) in [5.41, 5.74) is 0.271. The predicted molar refractivity (Wildman–Crippen MR) is 99.8 cm³/mol. The Labute approximate surface area is 160 Å². The molecule has 1 saturated heterocycles. The van der Waals surface area contributed by atoms with Crippen LogP contribution in [0.4, 0.5) is 0 Å². The first-order chi connectivity index (χ1) is 13.0. The molecule has 2 saturated carbocycles. The van der Waals surface area contributed by atoms with Gasteiger partial charge in [0.25, 0.3) is 0 Å². The summed E-state index contributed by atoms with van der Waals surface area (Å²) in [5, 5.41) is 13.7. The first kappa shape index (κ1) is 18.5. The Morgan fingerprint density at radius 3 is 2.67 bits per heavy atom. The molecule has 1 aromatic heterocycles. The van der Waals surface area contributed by atoms with Gasteiger partial charge in [0.05, 0.1) is 18.3 Å².